The number of hydrogen-bond acceptors (Lipinski definition) is 6. The smallest absolute Gasteiger partial charge is 0.311 e. The Kier molecular flexibility index (Phi) is 7.90. The fourth-order valence-electron chi connectivity index (χ4n) is 4.01. The maximum absolute atomic E-state index is 14.1. The van der Waals surface area contributed by atoms with Crippen LogP contribution in [0.3, 0.4) is 0 Å². The maximum Gasteiger partial charge on any atom is 0.311 e. The van der Waals surface area contributed by atoms with Crippen LogP contribution >= 0.6 is 0 Å². The molecule has 0 amide bonds. The van der Waals surface area contributed by atoms with Gasteiger partial charge in [0.15, 0.2) is 9.84 Å². The summed E-state index contributed by atoms with van der Waals surface area (Å²) in [5.41, 5.74) is 2.79. The Morgan fingerprint density at radius 1 is 1.17 bits per heavy atom. The number of nitrogens with zero attached hydrogens (tertiary/aromatic N) is 2. The largest absolute Gasteiger partial charge is 0.481 e. The van der Waals surface area contributed by atoms with Crippen molar-refractivity contribution in [3.8, 4) is 16.9 Å². The van der Waals surface area contributed by atoms with E-state index in [-0.39, 0.29) is 17.9 Å². The van der Waals surface area contributed by atoms with E-state index in [1.54, 1.807) is 41.8 Å². The molecule has 1 aromatic heterocycles. The molecule has 3 aromatic rings. The standard InChI is InChI=1S/C24H25FN2O7S/c1-16-22(21(24(28)29)8-3-4-13-34-27(30)31)15-23(26(16)19-7-5-6-18(25)14-19)17-9-11-20(12-10-17)35(2,32)33/h5-7,9-12,14-15,21H,3-4,8,13H2,1-2H3,(H,28,29). The normalized spacial score (nSPS) is 12.3. The fourth-order valence-corrected chi connectivity index (χ4v) is 4.64. The van der Waals surface area contributed by atoms with Crippen LogP contribution in [0.15, 0.2) is 59.5 Å². The molecule has 1 heterocycles. The highest BCUT2D eigenvalue weighted by Gasteiger charge is 2.26. The van der Waals surface area contributed by atoms with E-state index in [2.05, 4.69) is 4.84 Å². The van der Waals surface area contributed by atoms with Crippen LogP contribution in [-0.4, -0.2) is 42.0 Å². The molecule has 11 heteroatoms. The summed E-state index contributed by atoms with van der Waals surface area (Å²) in [6.45, 7) is 1.61. The molecule has 0 spiro atoms. The van der Waals surface area contributed by atoms with Crippen molar-refractivity contribution in [2.45, 2.75) is 37.0 Å². The topological polar surface area (TPSA) is 129 Å². The first kappa shape index (κ1) is 25.9. The highest BCUT2D eigenvalue weighted by Crippen LogP contribution is 2.35. The molecular formula is C24H25FN2O7S. The average Bonchev–Trinajstić information content (AvgIpc) is 3.12. The molecule has 0 radical (unpaired) electrons. The molecule has 0 aliphatic rings. The Morgan fingerprint density at radius 2 is 1.86 bits per heavy atom. The van der Waals surface area contributed by atoms with E-state index in [1.165, 1.54) is 24.3 Å². The van der Waals surface area contributed by atoms with Gasteiger partial charge in [0.25, 0.3) is 5.09 Å². The minimum absolute atomic E-state index is 0.124. The summed E-state index contributed by atoms with van der Waals surface area (Å²) in [7, 11) is -3.40. The Hall–Kier alpha value is -3.73. The number of aromatic nitrogens is 1. The third kappa shape index (κ3) is 6.24. The minimum atomic E-state index is -3.40. The van der Waals surface area contributed by atoms with E-state index in [0.29, 0.717) is 41.0 Å². The lowest BCUT2D eigenvalue weighted by Crippen LogP contribution is -2.13. The Morgan fingerprint density at radius 3 is 2.43 bits per heavy atom. The Bertz CT molecular complexity index is 1330. The van der Waals surface area contributed by atoms with Crippen molar-refractivity contribution in [1.29, 1.82) is 0 Å². The number of sulfone groups is 1. The van der Waals surface area contributed by atoms with Crippen LogP contribution in [0.2, 0.25) is 0 Å². The highest BCUT2D eigenvalue weighted by molar-refractivity contribution is 7.90. The van der Waals surface area contributed by atoms with Crippen LogP contribution in [0.5, 0.6) is 0 Å². The van der Waals surface area contributed by atoms with Crippen molar-refractivity contribution in [3.05, 3.63) is 81.8 Å². The first-order chi connectivity index (χ1) is 16.5. The van der Waals surface area contributed by atoms with Crippen LogP contribution < -0.4 is 0 Å². The number of hydrogen-bond donors (Lipinski definition) is 1. The first-order valence-corrected chi connectivity index (χ1v) is 12.7. The van der Waals surface area contributed by atoms with E-state index in [9.17, 15) is 32.8 Å². The van der Waals surface area contributed by atoms with Crippen molar-refractivity contribution >= 4 is 15.8 Å². The summed E-state index contributed by atoms with van der Waals surface area (Å²) in [4.78, 5) is 26.9. The van der Waals surface area contributed by atoms with E-state index in [4.69, 9.17) is 0 Å². The van der Waals surface area contributed by atoms with Gasteiger partial charge in [-0.15, -0.1) is 10.1 Å². The summed E-state index contributed by atoms with van der Waals surface area (Å²) in [6, 6.07) is 13.8. The lowest BCUT2D eigenvalue weighted by Gasteiger charge is -2.15. The summed E-state index contributed by atoms with van der Waals surface area (Å²) in [6.07, 6.45) is 2.02. The number of benzene rings is 2. The summed E-state index contributed by atoms with van der Waals surface area (Å²) >= 11 is 0. The lowest BCUT2D eigenvalue weighted by atomic mass is 9.93. The van der Waals surface area contributed by atoms with Gasteiger partial charge in [0.1, 0.15) is 5.82 Å². The zero-order valence-corrected chi connectivity index (χ0v) is 20.0. The molecule has 0 aliphatic carbocycles. The van der Waals surface area contributed by atoms with Gasteiger partial charge in [-0.1, -0.05) is 24.6 Å². The van der Waals surface area contributed by atoms with Crippen molar-refractivity contribution in [2.24, 2.45) is 0 Å². The SMILES string of the molecule is Cc1c(C(CCCCO[N+](=O)[O-])C(=O)O)cc(-c2ccc(S(C)(=O)=O)cc2)n1-c1cccc(F)c1. The summed E-state index contributed by atoms with van der Waals surface area (Å²) in [5.74, 6) is -2.43. The molecule has 1 N–H and O–H groups in total. The van der Waals surface area contributed by atoms with Crippen LogP contribution in [0, 0.1) is 22.9 Å². The second-order valence-electron chi connectivity index (χ2n) is 8.13. The van der Waals surface area contributed by atoms with Gasteiger partial charge in [-0.2, -0.15) is 0 Å². The van der Waals surface area contributed by atoms with Gasteiger partial charge >= 0.3 is 5.97 Å². The molecule has 0 bridgehead atoms. The molecule has 0 fully saturated rings. The predicted molar refractivity (Wildman–Crippen MR) is 126 cm³/mol. The Balaban J connectivity index is 2.06. The molecule has 0 aliphatic heterocycles. The quantitative estimate of drug-likeness (QED) is 0.231. The molecule has 1 unspecified atom stereocenters. The zero-order valence-electron chi connectivity index (χ0n) is 19.2. The minimum Gasteiger partial charge on any atom is -0.481 e. The number of unbranched alkanes of at least 4 members (excludes halogenated alkanes) is 1. The Labute approximate surface area is 201 Å². The van der Waals surface area contributed by atoms with Crippen molar-refractivity contribution < 1.29 is 32.6 Å². The molecule has 3 rings (SSSR count). The van der Waals surface area contributed by atoms with Crippen molar-refractivity contribution in [1.82, 2.24) is 4.57 Å². The third-order valence-corrected chi connectivity index (χ3v) is 6.82. The van der Waals surface area contributed by atoms with Crippen molar-refractivity contribution in [3.63, 3.8) is 0 Å². The number of rotatable bonds is 11. The zero-order chi connectivity index (χ0) is 25.8. The summed E-state index contributed by atoms with van der Waals surface area (Å²) in [5, 5.41) is 19.3. The molecule has 2 aromatic carbocycles. The van der Waals surface area contributed by atoms with Gasteiger partial charge in [0.2, 0.25) is 0 Å². The highest BCUT2D eigenvalue weighted by atomic mass is 32.2. The number of carboxylic acids is 1. The maximum atomic E-state index is 14.1. The average molecular weight is 505 g/mol. The van der Waals surface area contributed by atoms with Gasteiger partial charge in [-0.05, 0) is 67.3 Å². The molecule has 0 saturated heterocycles. The van der Waals surface area contributed by atoms with Crippen LogP contribution in [0.1, 0.15) is 36.4 Å². The van der Waals surface area contributed by atoms with Crippen molar-refractivity contribution in [2.75, 3.05) is 12.9 Å². The first-order valence-electron chi connectivity index (χ1n) is 10.8. The molecule has 35 heavy (non-hydrogen) atoms. The summed E-state index contributed by atoms with van der Waals surface area (Å²) < 4.78 is 39.5. The fraction of sp³-hybridized carbons (Fsp3) is 0.292. The van der Waals surface area contributed by atoms with Gasteiger partial charge in [0, 0.05) is 17.6 Å². The van der Waals surface area contributed by atoms with Gasteiger partial charge in [-0.25, -0.2) is 12.8 Å². The van der Waals surface area contributed by atoms with E-state index in [1.807, 2.05) is 0 Å². The molecule has 1 atom stereocenters. The van der Waals surface area contributed by atoms with Crippen LogP contribution in [0.25, 0.3) is 16.9 Å². The van der Waals surface area contributed by atoms with Gasteiger partial charge in [-0.3, -0.25) is 4.79 Å². The van der Waals surface area contributed by atoms with Crippen LogP contribution in [0.4, 0.5) is 4.39 Å². The number of carbonyl (C=O) groups is 1. The van der Waals surface area contributed by atoms with Gasteiger partial charge < -0.3 is 14.5 Å². The van der Waals surface area contributed by atoms with E-state index >= 15 is 0 Å². The lowest BCUT2D eigenvalue weighted by molar-refractivity contribution is -0.757. The van der Waals surface area contributed by atoms with E-state index < -0.39 is 32.6 Å². The number of carboxylic acid groups (broad SMARTS) is 1. The number of halogens is 1. The third-order valence-electron chi connectivity index (χ3n) is 5.69. The monoisotopic (exact) mass is 504 g/mol. The molecule has 9 nitrogen and oxygen atoms in total. The molecule has 0 saturated carbocycles. The number of aliphatic carboxylic acids is 1. The second-order valence-corrected chi connectivity index (χ2v) is 10.1. The van der Waals surface area contributed by atoms with E-state index in [0.717, 1.165) is 6.26 Å². The second kappa shape index (κ2) is 10.7. The molecular weight excluding hydrogens is 479 g/mol. The molecule has 186 valence electrons. The van der Waals surface area contributed by atoms with Gasteiger partial charge in [0.05, 0.1) is 23.1 Å². The van der Waals surface area contributed by atoms with Crippen LogP contribution in [-0.2, 0) is 19.5 Å². The predicted octanol–water partition coefficient (Wildman–Crippen LogP) is 4.54.